The van der Waals surface area contributed by atoms with E-state index >= 15 is 0 Å². The molecule has 2 N–H and O–H groups in total. The van der Waals surface area contributed by atoms with Crippen molar-refractivity contribution >= 4 is 17.7 Å². The number of hydrogen-bond donors (Lipinski definition) is 2. The normalized spacial score (nSPS) is 15.9. The van der Waals surface area contributed by atoms with E-state index in [1.807, 2.05) is 0 Å². The lowest BCUT2D eigenvalue weighted by molar-refractivity contribution is -0.121. The van der Waals surface area contributed by atoms with Crippen LogP contribution in [0.4, 0.5) is 0 Å². The van der Waals surface area contributed by atoms with Gasteiger partial charge < -0.3 is 10.4 Å². The third-order valence-corrected chi connectivity index (χ3v) is 4.75. The molecule has 1 aliphatic rings. The molecule has 0 aliphatic heterocycles. The van der Waals surface area contributed by atoms with Crippen molar-refractivity contribution in [2.75, 3.05) is 12.3 Å². The predicted octanol–water partition coefficient (Wildman–Crippen LogP) is 2.67. The van der Waals surface area contributed by atoms with Crippen LogP contribution in [-0.4, -0.2) is 29.4 Å². The fraction of sp³-hybridized carbons (Fsp3) is 0.562. The van der Waals surface area contributed by atoms with Crippen molar-refractivity contribution in [2.45, 2.75) is 44.1 Å². The zero-order valence-corrected chi connectivity index (χ0v) is 13.0. The lowest BCUT2D eigenvalue weighted by Crippen LogP contribution is -2.33. The van der Waals surface area contributed by atoms with Gasteiger partial charge in [0.05, 0.1) is 6.10 Å². The number of rotatable bonds is 7. The summed E-state index contributed by atoms with van der Waals surface area (Å²) < 4.78 is 0. The van der Waals surface area contributed by atoms with Gasteiger partial charge in [-0.05, 0) is 55.9 Å². The van der Waals surface area contributed by atoms with E-state index in [9.17, 15) is 9.90 Å². The Morgan fingerprint density at radius 1 is 1.40 bits per heavy atom. The quantitative estimate of drug-likeness (QED) is 0.760. The number of thioether (sulfide) groups is 1. The van der Waals surface area contributed by atoms with Crippen molar-refractivity contribution in [3.05, 3.63) is 29.3 Å². The van der Waals surface area contributed by atoms with Crippen LogP contribution in [0, 0.1) is 19.8 Å². The molecule has 1 atom stereocenters. The molecular weight excluding hydrogens is 270 g/mol. The first kappa shape index (κ1) is 15.4. The van der Waals surface area contributed by atoms with E-state index in [0.717, 1.165) is 18.6 Å². The Kier molecular flexibility index (Phi) is 5.49. The zero-order valence-electron chi connectivity index (χ0n) is 12.2. The van der Waals surface area contributed by atoms with E-state index in [1.54, 1.807) is 11.8 Å². The van der Waals surface area contributed by atoms with Gasteiger partial charge in [0.25, 0.3) is 0 Å². The topological polar surface area (TPSA) is 49.3 Å². The largest absolute Gasteiger partial charge is 0.391 e. The molecule has 2 rings (SSSR count). The number of aliphatic hydroxyl groups excluding tert-OH is 1. The Balaban J connectivity index is 1.64. The molecule has 1 aliphatic carbocycles. The number of nitrogens with one attached hydrogen (secondary N) is 1. The van der Waals surface area contributed by atoms with Crippen LogP contribution in [0.25, 0.3) is 0 Å². The average molecular weight is 293 g/mol. The van der Waals surface area contributed by atoms with Gasteiger partial charge in [0.1, 0.15) is 0 Å². The molecule has 0 bridgehead atoms. The van der Waals surface area contributed by atoms with Crippen molar-refractivity contribution in [2.24, 2.45) is 5.92 Å². The Hall–Kier alpha value is -1.00. The minimum atomic E-state index is -0.355. The first-order valence-corrected chi connectivity index (χ1v) is 8.19. The second-order valence-corrected chi connectivity index (χ2v) is 6.72. The molecule has 20 heavy (non-hydrogen) atoms. The highest BCUT2D eigenvalue weighted by Gasteiger charge is 2.29. The smallest absolute Gasteiger partial charge is 0.220 e. The van der Waals surface area contributed by atoms with Crippen LogP contribution in [0.15, 0.2) is 23.1 Å². The van der Waals surface area contributed by atoms with Gasteiger partial charge in [0.2, 0.25) is 5.91 Å². The maximum absolute atomic E-state index is 11.7. The SMILES string of the molecule is Cc1ccc(SCCC(=O)NCC(O)C2CC2)cc1C. The van der Waals surface area contributed by atoms with E-state index in [4.69, 9.17) is 0 Å². The fourth-order valence-corrected chi connectivity index (χ4v) is 2.97. The third kappa shape index (κ3) is 4.84. The van der Waals surface area contributed by atoms with Crippen LogP contribution in [0.3, 0.4) is 0 Å². The summed E-state index contributed by atoms with van der Waals surface area (Å²) in [5.74, 6) is 1.22. The van der Waals surface area contributed by atoms with Crippen LogP contribution in [0.2, 0.25) is 0 Å². The van der Waals surface area contributed by atoms with E-state index in [-0.39, 0.29) is 12.0 Å². The summed E-state index contributed by atoms with van der Waals surface area (Å²) in [7, 11) is 0. The minimum Gasteiger partial charge on any atom is -0.391 e. The molecule has 1 saturated carbocycles. The monoisotopic (exact) mass is 293 g/mol. The molecule has 1 aromatic carbocycles. The number of benzene rings is 1. The molecule has 3 nitrogen and oxygen atoms in total. The first-order valence-electron chi connectivity index (χ1n) is 7.21. The van der Waals surface area contributed by atoms with Gasteiger partial charge in [-0.25, -0.2) is 0 Å². The summed E-state index contributed by atoms with van der Waals surface area (Å²) in [4.78, 5) is 12.9. The summed E-state index contributed by atoms with van der Waals surface area (Å²) in [5, 5.41) is 12.5. The van der Waals surface area contributed by atoms with Crippen molar-refractivity contribution in [1.82, 2.24) is 5.32 Å². The molecule has 1 amide bonds. The van der Waals surface area contributed by atoms with Gasteiger partial charge >= 0.3 is 0 Å². The van der Waals surface area contributed by atoms with Gasteiger partial charge in [-0.3, -0.25) is 4.79 Å². The van der Waals surface area contributed by atoms with Gasteiger partial charge in [-0.1, -0.05) is 6.07 Å². The summed E-state index contributed by atoms with van der Waals surface area (Å²) in [6.07, 6.45) is 2.33. The summed E-state index contributed by atoms with van der Waals surface area (Å²) in [6, 6.07) is 6.38. The van der Waals surface area contributed by atoms with Crippen molar-refractivity contribution in [3.8, 4) is 0 Å². The van der Waals surface area contributed by atoms with E-state index in [1.165, 1.54) is 16.0 Å². The molecule has 110 valence electrons. The van der Waals surface area contributed by atoms with Crippen LogP contribution in [-0.2, 0) is 4.79 Å². The van der Waals surface area contributed by atoms with E-state index < -0.39 is 0 Å². The molecule has 4 heteroatoms. The summed E-state index contributed by atoms with van der Waals surface area (Å²) in [6.45, 7) is 4.60. The summed E-state index contributed by atoms with van der Waals surface area (Å²) >= 11 is 1.70. The highest BCUT2D eigenvalue weighted by atomic mass is 32.2. The Morgan fingerprint density at radius 3 is 2.80 bits per heavy atom. The minimum absolute atomic E-state index is 0.0287. The fourth-order valence-electron chi connectivity index (χ4n) is 2.02. The Morgan fingerprint density at radius 2 is 2.15 bits per heavy atom. The molecule has 0 radical (unpaired) electrons. The third-order valence-electron chi connectivity index (χ3n) is 3.75. The lowest BCUT2D eigenvalue weighted by Gasteiger charge is -2.10. The Labute approximate surface area is 125 Å². The van der Waals surface area contributed by atoms with Crippen LogP contribution in [0.5, 0.6) is 0 Å². The van der Waals surface area contributed by atoms with Crippen molar-refractivity contribution in [1.29, 1.82) is 0 Å². The van der Waals surface area contributed by atoms with Crippen LogP contribution < -0.4 is 5.32 Å². The van der Waals surface area contributed by atoms with Gasteiger partial charge in [-0.15, -0.1) is 11.8 Å². The van der Waals surface area contributed by atoms with Crippen molar-refractivity contribution in [3.63, 3.8) is 0 Å². The van der Waals surface area contributed by atoms with Gasteiger partial charge in [0, 0.05) is 23.6 Å². The maximum atomic E-state index is 11.7. The number of aryl methyl sites for hydroxylation is 2. The number of aliphatic hydroxyl groups is 1. The molecule has 1 unspecified atom stereocenters. The molecular formula is C16H23NO2S. The highest BCUT2D eigenvalue weighted by molar-refractivity contribution is 7.99. The molecule has 0 saturated heterocycles. The standard InChI is InChI=1S/C16H23NO2S/c1-11-3-6-14(9-12(11)2)20-8-7-16(19)17-10-15(18)13-4-5-13/h3,6,9,13,15,18H,4-5,7-8,10H2,1-2H3,(H,17,19). The number of hydrogen-bond acceptors (Lipinski definition) is 3. The van der Waals surface area contributed by atoms with Gasteiger partial charge in [-0.2, -0.15) is 0 Å². The molecule has 1 fully saturated rings. The second-order valence-electron chi connectivity index (χ2n) is 5.55. The molecule has 0 heterocycles. The maximum Gasteiger partial charge on any atom is 0.220 e. The van der Waals surface area contributed by atoms with Crippen LogP contribution >= 0.6 is 11.8 Å². The van der Waals surface area contributed by atoms with E-state index in [0.29, 0.717) is 18.9 Å². The number of carbonyl (C=O) groups is 1. The first-order chi connectivity index (χ1) is 9.56. The second kappa shape index (κ2) is 7.14. The van der Waals surface area contributed by atoms with Crippen molar-refractivity contribution < 1.29 is 9.90 Å². The number of amides is 1. The Bertz CT molecular complexity index is 472. The number of carbonyl (C=O) groups excluding carboxylic acids is 1. The molecule has 0 aromatic heterocycles. The lowest BCUT2D eigenvalue weighted by atomic mass is 10.1. The average Bonchev–Trinajstić information content (AvgIpc) is 3.24. The summed E-state index contributed by atoms with van der Waals surface area (Å²) in [5.41, 5.74) is 2.58. The highest BCUT2D eigenvalue weighted by Crippen LogP contribution is 2.32. The van der Waals surface area contributed by atoms with Crippen LogP contribution in [0.1, 0.15) is 30.4 Å². The molecule has 1 aromatic rings. The predicted molar refractivity (Wildman–Crippen MR) is 83.0 cm³/mol. The molecule has 0 spiro atoms. The zero-order chi connectivity index (χ0) is 14.5. The van der Waals surface area contributed by atoms with E-state index in [2.05, 4.69) is 37.4 Å². The van der Waals surface area contributed by atoms with Gasteiger partial charge in [0.15, 0.2) is 0 Å².